The normalized spacial score (nSPS) is 22.9. The third-order valence-electron chi connectivity index (χ3n) is 4.47. The highest BCUT2D eigenvalue weighted by molar-refractivity contribution is 7.17. The first-order valence-corrected chi connectivity index (χ1v) is 8.36. The number of anilines is 2. The van der Waals surface area contributed by atoms with Crippen molar-refractivity contribution in [3.63, 3.8) is 0 Å². The third kappa shape index (κ3) is 2.50. The number of likely N-dealkylation sites (N-methyl/N-ethyl adjacent to an activating group) is 1. The van der Waals surface area contributed by atoms with Crippen molar-refractivity contribution in [2.24, 2.45) is 0 Å². The SMILES string of the molecule is CCN1CCCC1CNc1sc(C#N)c(N)c1C1CC1. The number of thiophene rings is 1. The summed E-state index contributed by atoms with van der Waals surface area (Å²) in [5.74, 6) is 0.585. The summed E-state index contributed by atoms with van der Waals surface area (Å²) in [4.78, 5) is 3.21. The molecular formula is C15H22N4S. The van der Waals surface area contributed by atoms with Gasteiger partial charge in [-0.25, -0.2) is 0 Å². The van der Waals surface area contributed by atoms with Crippen LogP contribution in [0.3, 0.4) is 0 Å². The molecule has 2 fully saturated rings. The van der Waals surface area contributed by atoms with Crippen molar-refractivity contribution in [2.75, 3.05) is 30.7 Å². The first-order valence-electron chi connectivity index (χ1n) is 7.54. The molecule has 0 bridgehead atoms. The number of likely N-dealkylation sites (tertiary alicyclic amines) is 1. The number of hydrogen-bond donors (Lipinski definition) is 2. The second-order valence-corrected chi connectivity index (χ2v) is 6.80. The molecule has 5 heteroatoms. The molecular weight excluding hydrogens is 268 g/mol. The molecule has 0 aromatic carbocycles. The second kappa shape index (κ2) is 5.63. The summed E-state index contributed by atoms with van der Waals surface area (Å²) < 4.78 is 0. The predicted octanol–water partition coefficient (Wildman–Crippen LogP) is 2.98. The van der Waals surface area contributed by atoms with Gasteiger partial charge in [0.2, 0.25) is 0 Å². The van der Waals surface area contributed by atoms with Crippen LogP contribution in [0, 0.1) is 11.3 Å². The van der Waals surface area contributed by atoms with Crippen molar-refractivity contribution < 1.29 is 0 Å². The van der Waals surface area contributed by atoms with E-state index in [1.54, 1.807) is 0 Å². The number of hydrogen-bond acceptors (Lipinski definition) is 5. The molecule has 0 spiro atoms. The van der Waals surface area contributed by atoms with Crippen LogP contribution in [0.5, 0.6) is 0 Å². The molecule has 1 atom stereocenters. The Morgan fingerprint density at radius 2 is 2.25 bits per heavy atom. The minimum Gasteiger partial charge on any atom is -0.397 e. The molecule has 1 unspecified atom stereocenters. The van der Waals surface area contributed by atoms with E-state index in [1.165, 1.54) is 49.1 Å². The van der Waals surface area contributed by atoms with Crippen molar-refractivity contribution in [3.8, 4) is 6.07 Å². The quantitative estimate of drug-likeness (QED) is 0.875. The molecule has 1 saturated heterocycles. The number of nitrogens with one attached hydrogen (secondary N) is 1. The van der Waals surface area contributed by atoms with Crippen LogP contribution in [0.15, 0.2) is 0 Å². The highest BCUT2D eigenvalue weighted by atomic mass is 32.1. The van der Waals surface area contributed by atoms with E-state index in [0.29, 0.717) is 16.8 Å². The maximum absolute atomic E-state index is 9.16. The van der Waals surface area contributed by atoms with Crippen molar-refractivity contribution in [2.45, 2.75) is 44.6 Å². The van der Waals surface area contributed by atoms with E-state index in [-0.39, 0.29) is 0 Å². The van der Waals surface area contributed by atoms with Crippen LogP contribution >= 0.6 is 11.3 Å². The largest absolute Gasteiger partial charge is 0.397 e. The fourth-order valence-electron chi connectivity index (χ4n) is 3.20. The predicted molar refractivity (Wildman–Crippen MR) is 84.2 cm³/mol. The minimum absolute atomic E-state index is 0.585. The fraction of sp³-hybridized carbons (Fsp3) is 0.667. The monoisotopic (exact) mass is 290 g/mol. The lowest BCUT2D eigenvalue weighted by Gasteiger charge is -2.23. The second-order valence-electron chi connectivity index (χ2n) is 5.78. The van der Waals surface area contributed by atoms with Gasteiger partial charge in [-0.3, -0.25) is 4.90 Å². The Hall–Kier alpha value is -1.25. The Kier molecular flexibility index (Phi) is 3.86. The zero-order valence-corrected chi connectivity index (χ0v) is 12.8. The van der Waals surface area contributed by atoms with E-state index >= 15 is 0 Å². The van der Waals surface area contributed by atoms with Gasteiger partial charge in [-0.2, -0.15) is 5.26 Å². The topological polar surface area (TPSA) is 65.1 Å². The lowest BCUT2D eigenvalue weighted by Crippen LogP contribution is -2.34. The Morgan fingerprint density at radius 3 is 2.90 bits per heavy atom. The number of rotatable bonds is 5. The first kappa shape index (κ1) is 13.7. The number of nitrogens with zero attached hydrogens (tertiary/aromatic N) is 2. The van der Waals surface area contributed by atoms with Gasteiger partial charge in [0.05, 0.1) is 10.7 Å². The lowest BCUT2D eigenvalue weighted by molar-refractivity contribution is 0.277. The summed E-state index contributed by atoms with van der Waals surface area (Å²) in [7, 11) is 0. The molecule has 1 aromatic heterocycles. The van der Waals surface area contributed by atoms with E-state index < -0.39 is 0 Å². The van der Waals surface area contributed by atoms with Gasteiger partial charge in [-0.1, -0.05) is 6.92 Å². The zero-order chi connectivity index (χ0) is 14.1. The van der Waals surface area contributed by atoms with Crippen LogP contribution in [-0.2, 0) is 0 Å². The molecule has 0 amide bonds. The molecule has 2 aliphatic rings. The van der Waals surface area contributed by atoms with Crippen molar-refractivity contribution >= 4 is 22.0 Å². The Labute approximate surface area is 124 Å². The standard InChI is InChI=1S/C15H22N4S/c1-2-19-7-3-4-11(19)9-18-15-13(10-5-6-10)14(17)12(8-16)20-15/h10-11,18H,2-7,9,17H2,1H3. The van der Waals surface area contributed by atoms with Gasteiger partial charge in [0, 0.05) is 18.2 Å². The Morgan fingerprint density at radius 1 is 1.45 bits per heavy atom. The summed E-state index contributed by atoms with van der Waals surface area (Å²) in [5.41, 5.74) is 8.07. The first-order chi connectivity index (χ1) is 9.74. The van der Waals surface area contributed by atoms with Crippen LogP contribution < -0.4 is 11.1 Å². The molecule has 108 valence electrons. The minimum atomic E-state index is 0.585. The molecule has 0 radical (unpaired) electrons. The summed E-state index contributed by atoms with van der Waals surface area (Å²) in [6, 6.07) is 2.86. The smallest absolute Gasteiger partial charge is 0.130 e. The highest BCUT2D eigenvalue weighted by Crippen LogP contribution is 2.50. The molecule has 2 heterocycles. The van der Waals surface area contributed by atoms with Gasteiger partial charge < -0.3 is 11.1 Å². The van der Waals surface area contributed by atoms with E-state index in [0.717, 1.165) is 23.8 Å². The molecule has 1 aliphatic heterocycles. The van der Waals surface area contributed by atoms with Crippen LogP contribution in [0.2, 0.25) is 0 Å². The van der Waals surface area contributed by atoms with Crippen LogP contribution in [-0.4, -0.2) is 30.6 Å². The third-order valence-corrected chi connectivity index (χ3v) is 5.56. The van der Waals surface area contributed by atoms with E-state index in [4.69, 9.17) is 11.0 Å². The van der Waals surface area contributed by atoms with Crippen molar-refractivity contribution in [1.29, 1.82) is 5.26 Å². The summed E-state index contributed by atoms with van der Waals surface area (Å²) >= 11 is 1.53. The molecule has 1 saturated carbocycles. The van der Waals surface area contributed by atoms with Crippen LogP contribution in [0.25, 0.3) is 0 Å². The fourth-order valence-corrected chi connectivity index (χ4v) is 4.21. The Balaban J connectivity index is 1.72. The average molecular weight is 290 g/mol. The van der Waals surface area contributed by atoms with Gasteiger partial charge in [0.25, 0.3) is 0 Å². The van der Waals surface area contributed by atoms with E-state index in [9.17, 15) is 0 Å². The highest BCUT2D eigenvalue weighted by Gasteiger charge is 2.32. The van der Waals surface area contributed by atoms with Gasteiger partial charge in [0.1, 0.15) is 10.9 Å². The summed E-state index contributed by atoms with van der Waals surface area (Å²) in [5, 5.41) is 13.9. The van der Waals surface area contributed by atoms with Crippen molar-refractivity contribution in [1.82, 2.24) is 4.90 Å². The van der Waals surface area contributed by atoms with Gasteiger partial charge >= 0.3 is 0 Å². The number of nitrogens with two attached hydrogens (primary N) is 1. The maximum atomic E-state index is 9.16. The summed E-state index contributed by atoms with van der Waals surface area (Å²) in [6.45, 7) is 5.54. The van der Waals surface area contributed by atoms with Crippen LogP contribution in [0.4, 0.5) is 10.7 Å². The number of nitrogen functional groups attached to an aromatic ring is 1. The van der Waals surface area contributed by atoms with Crippen LogP contribution in [0.1, 0.15) is 49.0 Å². The lowest BCUT2D eigenvalue weighted by atomic mass is 10.1. The number of nitriles is 1. The van der Waals surface area contributed by atoms with Gasteiger partial charge in [-0.15, -0.1) is 11.3 Å². The van der Waals surface area contributed by atoms with E-state index in [1.807, 2.05) is 0 Å². The molecule has 4 nitrogen and oxygen atoms in total. The van der Waals surface area contributed by atoms with E-state index in [2.05, 4.69) is 23.2 Å². The molecule has 3 N–H and O–H groups in total. The average Bonchev–Trinajstić information content (AvgIpc) is 3.09. The molecule has 1 aliphatic carbocycles. The summed E-state index contributed by atoms with van der Waals surface area (Å²) in [6.07, 6.45) is 4.99. The maximum Gasteiger partial charge on any atom is 0.130 e. The zero-order valence-electron chi connectivity index (χ0n) is 12.0. The molecule has 3 rings (SSSR count). The van der Waals surface area contributed by atoms with Crippen molar-refractivity contribution in [3.05, 3.63) is 10.4 Å². The molecule has 1 aromatic rings. The molecule has 20 heavy (non-hydrogen) atoms. The Bertz CT molecular complexity index is 527. The van der Waals surface area contributed by atoms with Gasteiger partial charge in [0.15, 0.2) is 0 Å². The van der Waals surface area contributed by atoms with Gasteiger partial charge in [-0.05, 0) is 44.7 Å².